The van der Waals surface area contributed by atoms with Crippen LogP contribution in [-0.4, -0.2) is 21.6 Å². The lowest BCUT2D eigenvalue weighted by Crippen LogP contribution is -2.32. The highest BCUT2D eigenvalue weighted by Gasteiger charge is 2.21. The third kappa shape index (κ3) is 3.86. The Hall–Kier alpha value is -2.12. The molecule has 1 aliphatic carbocycles. The van der Waals surface area contributed by atoms with Gasteiger partial charge in [-0.2, -0.15) is 0 Å². The van der Waals surface area contributed by atoms with E-state index in [0.29, 0.717) is 22.7 Å². The van der Waals surface area contributed by atoms with Gasteiger partial charge in [0.2, 0.25) is 5.91 Å². The number of hydrogen-bond acceptors (Lipinski definition) is 5. The molecule has 3 aromatic rings. The number of thioether (sulfide) groups is 1. The zero-order valence-electron chi connectivity index (χ0n) is 16.0. The number of nitrogens with zero attached hydrogens (tertiary/aromatic N) is 1. The first kappa shape index (κ1) is 19.2. The number of nitrogens with one attached hydrogen (secondary N) is 2. The SMILES string of the molecule is Cc1sc2nc(CSCC(=O)N[C@@H]3CCCc4ccccc43)[nH]c(=O)c2c1C. The Morgan fingerprint density at radius 1 is 1.36 bits per heavy atom. The van der Waals surface area contributed by atoms with Crippen molar-refractivity contribution in [3.8, 4) is 0 Å². The van der Waals surface area contributed by atoms with Crippen LogP contribution < -0.4 is 10.9 Å². The molecule has 2 heterocycles. The number of carbonyl (C=O) groups is 1. The molecule has 4 rings (SSSR count). The third-order valence-electron chi connectivity index (χ3n) is 5.26. The van der Waals surface area contributed by atoms with Gasteiger partial charge in [0.15, 0.2) is 0 Å². The second kappa shape index (κ2) is 8.09. The molecule has 146 valence electrons. The molecule has 5 nitrogen and oxygen atoms in total. The van der Waals surface area contributed by atoms with Crippen LogP contribution in [0.1, 0.15) is 46.3 Å². The van der Waals surface area contributed by atoms with Crippen molar-refractivity contribution in [1.82, 2.24) is 15.3 Å². The molecule has 0 radical (unpaired) electrons. The maximum atomic E-state index is 12.4. The molecule has 0 aliphatic heterocycles. The van der Waals surface area contributed by atoms with Crippen LogP contribution in [0.2, 0.25) is 0 Å². The molecule has 7 heteroatoms. The highest BCUT2D eigenvalue weighted by molar-refractivity contribution is 7.99. The van der Waals surface area contributed by atoms with Crippen LogP contribution in [0.25, 0.3) is 10.2 Å². The summed E-state index contributed by atoms with van der Waals surface area (Å²) >= 11 is 3.02. The van der Waals surface area contributed by atoms with E-state index in [-0.39, 0.29) is 17.5 Å². The first-order valence-corrected chi connectivity index (χ1v) is 11.4. The first-order chi connectivity index (χ1) is 13.5. The van der Waals surface area contributed by atoms with Crippen LogP contribution in [0, 0.1) is 13.8 Å². The Balaban J connectivity index is 1.36. The van der Waals surface area contributed by atoms with Gasteiger partial charge in [-0.05, 0) is 49.8 Å². The number of fused-ring (bicyclic) bond motifs is 2. The van der Waals surface area contributed by atoms with Crippen molar-refractivity contribution < 1.29 is 4.79 Å². The Morgan fingerprint density at radius 3 is 3.04 bits per heavy atom. The fourth-order valence-corrected chi connectivity index (χ4v) is 5.50. The summed E-state index contributed by atoms with van der Waals surface area (Å²) in [6.45, 7) is 3.95. The minimum absolute atomic E-state index is 0.0259. The van der Waals surface area contributed by atoms with Crippen molar-refractivity contribution in [2.75, 3.05) is 5.75 Å². The summed E-state index contributed by atoms with van der Waals surface area (Å²) in [4.78, 5) is 34.1. The van der Waals surface area contributed by atoms with Crippen molar-refractivity contribution in [1.29, 1.82) is 0 Å². The number of carbonyl (C=O) groups excluding carboxylic acids is 1. The van der Waals surface area contributed by atoms with Gasteiger partial charge in [0.05, 0.1) is 22.9 Å². The number of thiophene rings is 1. The summed E-state index contributed by atoms with van der Waals surface area (Å²) in [5, 5.41) is 3.85. The van der Waals surface area contributed by atoms with Crippen LogP contribution >= 0.6 is 23.1 Å². The van der Waals surface area contributed by atoms with Crippen molar-refractivity contribution in [2.24, 2.45) is 0 Å². The highest BCUT2D eigenvalue weighted by Crippen LogP contribution is 2.29. The van der Waals surface area contributed by atoms with E-state index in [1.807, 2.05) is 19.9 Å². The van der Waals surface area contributed by atoms with Gasteiger partial charge in [-0.3, -0.25) is 9.59 Å². The fraction of sp³-hybridized carbons (Fsp3) is 0.381. The van der Waals surface area contributed by atoms with Crippen LogP contribution in [0.5, 0.6) is 0 Å². The monoisotopic (exact) mass is 413 g/mol. The van der Waals surface area contributed by atoms with Gasteiger partial charge in [-0.15, -0.1) is 23.1 Å². The number of rotatable bonds is 5. The molecule has 28 heavy (non-hydrogen) atoms. The molecule has 0 saturated carbocycles. The average Bonchev–Trinajstić information content (AvgIpc) is 2.96. The van der Waals surface area contributed by atoms with Gasteiger partial charge in [-0.25, -0.2) is 4.98 Å². The van der Waals surface area contributed by atoms with Crippen molar-refractivity contribution in [2.45, 2.75) is 44.9 Å². The summed E-state index contributed by atoms with van der Waals surface area (Å²) in [6, 6.07) is 8.45. The number of aromatic amines is 1. The molecule has 0 unspecified atom stereocenters. The van der Waals surface area contributed by atoms with E-state index in [0.717, 1.165) is 34.5 Å². The highest BCUT2D eigenvalue weighted by atomic mass is 32.2. The van der Waals surface area contributed by atoms with Crippen LogP contribution in [0.3, 0.4) is 0 Å². The molecule has 2 aromatic heterocycles. The van der Waals surface area contributed by atoms with Crippen LogP contribution in [0.15, 0.2) is 29.1 Å². The van der Waals surface area contributed by atoms with Gasteiger partial charge < -0.3 is 10.3 Å². The summed E-state index contributed by atoms with van der Waals surface area (Å²) in [5.41, 5.74) is 3.49. The second-order valence-corrected chi connectivity index (χ2v) is 9.37. The summed E-state index contributed by atoms with van der Waals surface area (Å²) in [5.74, 6) is 1.51. The van der Waals surface area contributed by atoms with E-state index in [1.54, 1.807) is 11.3 Å². The molecular weight excluding hydrogens is 390 g/mol. The maximum Gasteiger partial charge on any atom is 0.259 e. The zero-order valence-corrected chi connectivity index (χ0v) is 17.6. The largest absolute Gasteiger partial charge is 0.349 e. The van der Waals surface area contributed by atoms with Crippen molar-refractivity contribution >= 4 is 39.2 Å². The molecule has 1 atom stereocenters. The van der Waals surface area contributed by atoms with E-state index in [2.05, 4.69) is 33.5 Å². The van der Waals surface area contributed by atoms with E-state index in [4.69, 9.17) is 0 Å². The predicted molar refractivity (Wildman–Crippen MR) is 116 cm³/mol. The third-order valence-corrected chi connectivity index (χ3v) is 7.31. The molecular formula is C21H23N3O2S2. The molecule has 0 saturated heterocycles. The van der Waals surface area contributed by atoms with E-state index >= 15 is 0 Å². The number of hydrogen-bond donors (Lipinski definition) is 2. The molecule has 1 aromatic carbocycles. The first-order valence-electron chi connectivity index (χ1n) is 9.46. The summed E-state index contributed by atoms with van der Waals surface area (Å²) in [7, 11) is 0. The summed E-state index contributed by atoms with van der Waals surface area (Å²) < 4.78 is 0. The Kier molecular flexibility index (Phi) is 5.55. The number of H-pyrrole nitrogens is 1. The van der Waals surface area contributed by atoms with Gasteiger partial charge >= 0.3 is 0 Å². The van der Waals surface area contributed by atoms with Crippen molar-refractivity contribution in [3.63, 3.8) is 0 Å². The average molecular weight is 414 g/mol. The van der Waals surface area contributed by atoms with Crippen molar-refractivity contribution in [3.05, 3.63) is 62.0 Å². The smallest absolute Gasteiger partial charge is 0.259 e. The number of aryl methyl sites for hydroxylation is 3. The molecule has 0 spiro atoms. The van der Waals surface area contributed by atoms with Gasteiger partial charge in [0, 0.05) is 4.88 Å². The topological polar surface area (TPSA) is 74.8 Å². The number of amides is 1. The minimum Gasteiger partial charge on any atom is -0.349 e. The Bertz CT molecular complexity index is 1090. The normalized spacial score (nSPS) is 16.1. The maximum absolute atomic E-state index is 12.4. The van der Waals surface area contributed by atoms with E-state index in [9.17, 15) is 9.59 Å². The number of benzene rings is 1. The predicted octanol–water partition coefficient (Wildman–Crippen LogP) is 4.03. The summed E-state index contributed by atoms with van der Waals surface area (Å²) in [6.07, 6.45) is 3.16. The second-order valence-electron chi connectivity index (χ2n) is 7.18. The van der Waals surface area contributed by atoms with Gasteiger partial charge in [0.25, 0.3) is 5.56 Å². The van der Waals surface area contributed by atoms with E-state index < -0.39 is 0 Å². The van der Waals surface area contributed by atoms with Gasteiger partial charge in [-0.1, -0.05) is 24.3 Å². The Labute approximate surface area is 172 Å². The molecule has 0 bridgehead atoms. The molecule has 1 aliphatic rings. The lowest BCUT2D eigenvalue weighted by atomic mass is 9.88. The van der Waals surface area contributed by atoms with Gasteiger partial charge in [0.1, 0.15) is 10.7 Å². The molecule has 1 amide bonds. The zero-order chi connectivity index (χ0) is 19.7. The van der Waals surface area contributed by atoms with Crippen LogP contribution in [-0.2, 0) is 17.0 Å². The Morgan fingerprint density at radius 2 is 2.18 bits per heavy atom. The minimum atomic E-state index is -0.0919. The molecule has 0 fully saturated rings. The quantitative estimate of drug-likeness (QED) is 0.662. The standard InChI is InChI=1S/C21H23N3O2S2/c1-12-13(2)28-21-19(12)20(26)23-17(24-21)10-27-11-18(25)22-16-9-5-7-14-6-3-4-8-15(14)16/h3-4,6,8,16H,5,7,9-11H2,1-2H3,(H,22,25)(H,23,24,26)/t16-/m1/s1. The molecule has 2 N–H and O–H groups in total. The lowest BCUT2D eigenvalue weighted by Gasteiger charge is -2.26. The fourth-order valence-electron chi connectivity index (χ4n) is 3.75. The lowest BCUT2D eigenvalue weighted by molar-refractivity contribution is -0.119. The van der Waals surface area contributed by atoms with E-state index in [1.165, 1.54) is 22.9 Å². The number of aromatic nitrogens is 2. The van der Waals surface area contributed by atoms with Crippen LogP contribution in [0.4, 0.5) is 0 Å².